The van der Waals surface area contributed by atoms with Crippen LogP contribution in [0.5, 0.6) is 5.75 Å². The van der Waals surface area contributed by atoms with Crippen molar-refractivity contribution < 1.29 is 14.3 Å². The van der Waals surface area contributed by atoms with Crippen LogP contribution in [0.1, 0.15) is 5.82 Å². The molecule has 0 aliphatic carbocycles. The second-order valence-electron chi connectivity index (χ2n) is 7.65. The number of ether oxygens (including phenoxy) is 1. The molecule has 0 bridgehead atoms. The maximum absolute atomic E-state index is 13.0. The van der Waals surface area contributed by atoms with Crippen molar-refractivity contribution >= 4 is 34.1 Å². The Morgan fingerprint density at radius 1 is 1.00 bits per heavy atom. The summed E-state index contributed by atoms with van der Waals surface area (Å²) in [5, 5.41) is 3.34. The number of carbonyl (C=O) groups is 2. The first-order valence-electron chi connectivity index (χ1n) is 10.4. The van der Waals surface area contributed by atoms with E-state index in [1.807, 2.05) is 18.2 Å². The van der Waals surface area contributed by atoms with Crippen LogP contribution in [0, 0.1) is 6.92 Å². The van der Waals surface area contributed by atoms with Crippen molar-refractivity contribution in [2.75, 3.05) is 23.4 Å². The summed E-state index contributed by atoms with van der Waals surface area (Å²) < 4.78 is 6.95. The molecular formula is C25H20N4O4. The number of aryl methyl sites for hydroxylation is 1. The fourth-order valence-electron chi connectivity index (χ4n) is 3.91. The molecule has 0 unspecified atom stereocenters. The monoisotopic (exact) mass is 440 g/mol. The van der Waals surface area contributed by atoms with Crippen LogP contribution in [0.25, 0.3) is 16.6 Å². The van der Waals surface area contributed by atoms with Gasteiger partial charge in [0.15, 0.2) is 6.61 Å². The van der Waals surface area contributed by atoms with Crippen molar-refractivity contribution in [1.29, 1.82) is 0 Å². The molecule has 8 nitrogen and oxygen atoms in total. The first kappa shape index (κ1) is 20.4. The zero-order valence-electron chi connectivity index (χ0n) is 17.8. The number of nitrogens with one attached hydrogen (secondary N) is 1. The average Bonchev–Trinajstić information content (AvgIpc) is 2.82. The summed E-state index contributed by atoms with van der Waals surface area (Å²) in [5.41, 5.74) is 2.26. The normalized spacial score (nSPS) is 12.9. The summed E-state index contributed by atoms with van der Waals surface area (Å²) in [6.07, 6.45) is 0. The molecular weight excluding hydrogens is 420 g/mol. The minimum absolute atomic E-state index is 0.104. The predicted octanol–water partition coefficient (Wildman–Crippen LogP) is 3.06. The number of aromatic nitrogens is 2. The summed E-state index contributed by atoms with van der Waals surface area (Å²) >= 11 is 0. The molecule has 33 heavy (non-hydrogen) atoms. The SMILES string of the molecule is Cc1nc2ccccc2c(=O)n1-c1ccc(NC(=O)CN2C(=O)COc3ccccc32)cc1. The van der Waals surface area contributed by atoms with Gasteiger partial charge in [-0.05, 0) is 55.5 Å². The Morgan fingerprint density at radius 2 is 1.73 bits per heavy atom. The quantitative estimate of drug-likeness (QED) is 0.527. The van der Waals surface area contributed by atoms with Crippen LogP contribution in [-0.2, 0) is 9.59 Å². The molecule has 3 aromatic carbocycles. The fourth-order valence-corrected chi connectivity index (χ4v) is 3.91. The lowest BCUT2D eigenvalue weighted by molar-refractivity contribution is -0.123. The van der Waals surface area contributed by atoms with Crippen LogP contribution < -0.4 is 20.5 Å². The zero-order chi connectivity index (χ0) is 22.9. The molecule has 0 saturated heterocycles. The Hall–Kier alpha value is -4.46. The number of carbonyl (C=O) groups excluding carboxylic acids is 2. The van der Waals surface area contributed by atoms with E-state index in [4.69, 9.17) is 4.74 Å². The van der Waals surface area contributed by atoms with Crippen molar-refractivity contribution in [3.05, 3.63) is 89.0 Å². The molecule has 0 atom stereocenters. The molecule has 164 valence electrons. The number of hydrogen-bond donors (Lipinski definition) is 1. The summed E-state index contributed by atoms with van der Waals surface area (Å²) in [4.78, 5) is 43.8. The Morgan fingerprint density at radius 3 is 2.55 bits per heavy atom. The van der Waals surface area contributed by atoms with Gasteiger partial charge < -0.3 is 10.1 Å². The summed E-state index contributed by atoms with van der Waals surface area (Å²) in [5.74, 6) is 0.519. The van der Waals surface area contributed by atoms with Crippen molar-refractivity contribution in [2.45, 2.75) is 6.92 Å². The lowest BCUT2D eigenvalue weighted by Gasteiger charge is -2.28. The summed E-state index contributed by atoms with van der Waals surface area (Å²) in [6, 6.07) is 21.2. The van der Waals surface area contributed by atoms with E-state index < -0.39 is 0 Å². The van der Waals surface area contributed by atoms with Gasteiger partial charge in [-0.1, -0.05) is 24.3 Å². The van der Waals surface area contributed by atoms with Crippen molar-refractivity contribution in [1.82, 2.24) is 9.55 Å². The average molecular weight is 440 g/mol. The zero-order valence-corrected chi connectivity index (χ0v) is 17.8. The van der Waals surface area contributed by atoms with Gasteiger partial charge in [0.2, 0.25) is 5.91 Å². The number of amides is 2. The fraction of sp³-hybridized carbons (Fsp3) is 0.120. The molecule has 5 rings (SSSR count). The maximum atomic E-state index is 13.0. The molecule has 0 spiro atoms. The van der Waals surface area contributed by atoms with Crippen LogP contribution in [0.2, 0.25) is 0 Å². The van der Waals surface area contributed by atoms with Gasteiger partial charge in [-0.2, -0.15) is 0 Å². The van der Waals surface area contributed by atoms with E-state index in [0.717, 1.165) is 0 Å². The van der Waals surface area contributed by atoms with E-state index in [0.29, 0.717) is 39.5 Å². The van der Waals surface area contributed by atoms with Gasteiger partial charge in [-0.15, -0.1) is 0 Å². The van der Waals surface area contributed by atoms with Gasteiger partial charge in [0.05, 0.1) is 22.3 Å². The Kier molecular flexibility index (Phi) is 5.10. The number of anilines is 2. The van der Waals surface area contributed by atoms with E-state index >= 15 is 0 Å². The van der Waals surface area contributed by atoms with Crippen LogP contribution in [0.3, 0.4) is 0 Å². The molecule has 0 fully saturated rings. The number of benzene rings is 3. The minimum atomic E-state index is -0.339. The summed E-state index contributed by atoms with van der Waals surface area (Å²) in [6.45, 7) is 1.54. The van der Waals surface area contributed by atoms with Crippen LogP contribution >= 0.6 is 0 Å². The topological polar surface area (TPSA) is 93.5 Å². The number of rotatable bonds is 4. The first-order valence-corrected chi connectivity index (χ1v) is 10.4. The third-order valence-electron chi connectivity index (χ3n) is 5.46. The smallest absolute Gasteiger partial charge is 0.265 e. The largest absolute Gasteiger partial charge is 0.482 e. The highest BCUT2D eigenvalue weighted by atomic mass is 16.5. The first-order chi connectivity index (χ1) is 16.0. The van der Waals surface area contributed by atoms with Crippen LogP contribution in [0.4, 0.5) is 11.4 Å². The van der Waals surface area contributed by atoms with Crippen LogP contribution in [0.15, 0.2) is 77.6 Å². The highest BCUT2D eigenvalue weighted by molar-refractivity contribution is 6.05. The molecule has 1 aliphatic heterocycles. The lowest BCUT2D eigenvalue weighted by Crippen LogP contribution is -2.43. The number of fused-ring (bicyclic) bond motifs is 2. The van der Waals surface area contributed by atoms with Crippen molar-refractivity contribution in [3.8, 4) is 11.4 Å². The van der Waals surface area contributed by atoms with E-state index in [2.05, 4.69) is 10.3 Å². The second kappa shape index (κ2) is 8.23. The van der Waals surface area contributed by atoms with Gasteiger partial charge in [-0.25, -0.2) is 4.98 Å². The van der Waals surface area contributed by atoms with Gasteiger partial charge in [0.25, 0.3) is 11.5 Å². The van der Waals surface area contributed by atoms with Crippen molar-refractivity contribution in [3.63, 3.8) is 0 Å². The lowest BCUT2D eigenvalue weighted by atomic mass is 10.2. The Bertz CT molecular complexity index is 1440. The van der Waals surface area contributed by atoms with E-state index in [-0.39, 0.29) is 30.5 Å². The Labute approximate surface area is 189 Å². The third kappa shape index (κ3) is 3.82. The highest BCUT2D eigenvalue weighted by Gasteiger charge is 2.27. The standard InChI is InChI=1S/C25H20N4O4/c1-16-26-20-7-3-2-6-19(20)25(32)29(16)18-12-10-17(11-13-18)27-23(30)14-28-21-8-4-5-9-22(21)33-15-24(28)31/h2-13H,14-15H2,1H3,(H,27,30). The molecule has 4 aromatic rings. The number of nitrogens with zero attached hydrogens (tertiary/aromatic N) is 3. The van der Waals surface area contributed by atoms with E-state index in [1.165, 1.54) is 9.47 Å². The molecule has 0 saturated carbocycles. The highest BCUT2D eigenvalue weighted by Crippen LogP contribution is 2.31. The van der Waals surface area contributed by atoms with Gasteiger partial charge >= 0.3 is 0 Å². The number of para-hydroxylation sites is 3. The van der Waals surface area contributed by atoms with Gasteiger partial charge in [-0.3, -0.25) is 23.9 Å². The number of hydrogen-bond acceptors (Lipinski definition) is 5. The van der Waals surface area contributed by atoms with Gasteiger partial charge in [0.1, 0.15) is 18.1 Å². The van der Waals surface area contributed by atoms with E-state index in [1.54, 1.807) is 61.5 Å². The van der Waals surface area contributed by atoms with E-state index in [9.17, 15) is 14.4 Å². The second-order valence-corrected chi connectivity index (χ2v) is 7.65. The van der Waals surface area contributed by atoms with Crippen LogP contribution in [-0.4, -0.2) is 34.5 Å². The molecule has 1 aromatic heterocycles. The third-order valence-corrected chi connectivity index (χ3v) is 5.46. The molecule has 0 radical (unpaired) electrons. The molecule has 2 amide bonds. The molecule has 2 heterocycles. The molecule has 1 aliphatic rings. The minimum Gasteiger partial charge on any atom is -0.482 e. The maximum Gasteiger partial charge on any atom is 0.265 e. The molecule has 8 heteroatoms. The predicted molar refractivity (Wildman–Crippen MR) is 125 cm³/mol. The Balaban J connectivity index is 1.35. The molecule has 1 N–H and O–H groups in total. The van der Waals surface area contributed by atoms with Gasteiger partial charge in [0, 0.05) is 5.69 Å². The van der Waals surface area contributed by atoms with Crippen molar-refractivity contribution in [2.24, 2.45) is 0 Å². The summed E-state index contributed by atoms with van der Waals surface area (Å²) in [7, 11) is 0.